The van der Waals surface area contributed by atoms with E-state index in [2.05, 4.69) is 21.2 Å². The first-order chi connectivity index (χ1) is 9.51. The molecule has 0 heterocycles. The standard InChI is InChI=1S/C14H16BrNO4/c1-8(13(17)16-9-3-4-9)20-14(18)11-7-10(19-2)5-6-12(11)15/h5-9H,3-4H2,1-2H3,(H,16,17)/t8-/m0/s1. The van der Waals surface area contributed by atoms with Crippen LogP contribution in [-0.2, 0) is 9.53 Å². The fourth-order valence-corrected chi connectivity index (χ4v) is 2.02. The Balaban J connectivity index is 2.01. The van der Waals surface area contributed by atoms with Gasteiger partial charge in [0.05, 0.1) is 12.7 Å². The fraction of sp³-hybridized carbons (Fsp3) is 0.429. The number of esters is 1. The monoisotopic (exact) mass is 341 g/mol. The summed E-state index contributed by atoms with van der Waals surface area (Å²) in [7, 11) is 1.52. The summed E-state index contributed by atoms with van der Waals surface area (Å²) in [5, 5.41) is 2.80. The lowest BCUT2D eigenvalue weighted by Crippen LogP contribution is -2.37. The third-order valence-electron chi connectivity index (χ3n) is 2.97. The first kappa shape index (κ1) is 14.8. The van der Waals surface area contributed by atoms with Crippen LogP contribution in [0.1, 0.15) is 30.1 Å². The molecule has 0 aliphatic heterocycles. The minimum Gasteiger partial charge on any atom is -0.497 e. The number of rotatable bonds is 5. The van der Waals surface area contributed by atoms with Crippen LogP contribution in [0, 0.1) is 0 Å². The molecular weight excluding hydrogens is 326 g/mol. The van der Waals surface area contributed by atoms with Gasteiger partial charge in [0.1, 0.15) is 5.75 Å². The summed E-state index contributed by atoms with van der Waals surface area (Å²) in [6.45, 7) is 1.56. The zero-order valence-electron chi connectivity index (χ0n) is 11.3. The summed E-state index contributed by atoms with van der Waals surface area (Å²) in [6.07, 6.45) is 1.17. The van der Waals surface area contributed by atoms with E-state index >= 15 is 0 Å². The van der Waals surface area contributed by atoms with E-state index in [0.29, 0.717) is 15.8 Å². The number of amides is 1. The smallest absolute Gasteiger partial charge is 0.340 e. The Hall–Kier alpha value is -1.56. The van der Waals surface area contributed by atoms with Crippen molar-refractivity contribution >= 4 is 27.8 Å². The van der Waals surface area contributed by atoms with Crippen molar-refractivity contribution in [2.24, 2.45) is 0 Å². The predicted octanol–water partition coefficient (Wildman–Crippen LogP) is 2.28. The van der Waals surface area contributed by atoms with Gasteiger partial charge >= 0.3 is 5.97 Å². The largest absolute Gasteiger partial charge is 0.497 e. The maximum Gasteiger partial charge on any atom is 0.340 e. The molecule has 1 aromatic carbocycles. The number of carbonyl (C=O) groups is 2. The Morgan fingerprint density at radius 1 is 1.40 bits per heavy atom. The van der Waals surface area contributed by atoms with Gasteiger partial charge in [-0.15, -0.1) is 0 Å². The molecule has 0 radical (unpaired) electrons. The molecule has 1 saturated carbocycles. The second kappa shape index (κ2) is 6.26. The fourth-order valence-electron chi connectivity index (χ4n) is 1.61. The topological polar surface area (TPSA) is 64.6 Å². The first-order valence-electron chi connectivity index (χ1n) is 6.36. The van der Waals surface area contributed by atoms with E-state index in [0.717, 1.165) is 12.8 Å². The molecule has 1 N–H and O–H groups in total. The molecule has 0 bridgehead atoms. The van der Waals surface area contributed by atoms with Crippen LogP contribution in [0.5, 0.6) is 5.75 Å². The van der Waals surface area contributed by atoms with Crippen LogP contribution < -0.4 is 10.1 Å². The van der Waals surface area contributed by atoms with Crippen LogP contribution in [-0.4, -0.2) is 31.1 Å². The van der Waals surface area contributed by atoms with Crippen LogP contribution >= 0.6 is 15.9 Å². The van der Waals surface area contributed by atoms with Crippen molar-refractivity contribution in [3.63, 3.8) is 0 Å². The van der Waals surface area contributed by atoms with Crippen molar-refractivity contribution in [2.75, 3.05) is 7.11 Å². The molecule has 5 nitrogen and oxygen atoms in total. The maximum atomic E-state index is 12.1. The normalized spacial score (nSPS) is 15.3. The zero-order valence-corrected chi connectivity index (χ0v) is 12.9. The van der Waals surface area contributed by atoms with Gasteiger partial charge in [-0.1, -0.05) is 0 Å². The molecule has 1 fully saturated rings. The lowest BCUT2D eigenvalue weighted by atomic mass is 10.2. The van der Waals surface area contributed by atoms with E-state index in [1.54, 1.807) is 25.1 Å². The van der Waals surface area contributed by atoms with Gasteiger partial charge in [0.15, 0.2) is 6.10 Å². The number of benzene rings is 1. The molecule has 0 unspecified atom stereocenters. The van der Waals surface area contributed by atoms with Crippen molar-refractivity contribution in [1.82, 2.24) is 5.32 Å². The SMILES string of the molecule is COc1ccc(Br)c(C(=O)O[C@@H](C)C(=O)NC2CC2)c1. The Morgan fingerprint density at radius 3 is 2.70 bits per heavy atom. The number of halogens is 1. The third kappa shape index (κ3) is 3.72. The Labute approximate surface area is 125 Å². The number of methoxy groups -OCH3 is 1. The van der Waals surface area contributed by atoms with Gasteiger partial charge in [-0.05, 0) is 53.9 Å². The predicted molar refractivity (Wildman–Crippen MR) is 76.7 cm³/mol. The third-order valence-corrected chi connectivity index (χ3v) is 3.66. The van der Waals surface area contributed by atoms with Gasteiger partial charge in [0, 0.05) is 10.5 Å². The van der Waals surface area contributed by atoms with E-state index in [1.807, 2.05) is 0 Å². The molecule has 0 aromatic heterocycles. The summed E-state index contributed by atoms with van der Waals surface area (Å²) < 4.78 is 10.8. The quantitative estimate of drug-likeness (QED) is 0.834. The van der Waals surface area contributed by atoms with E-state index in [4.69, 9.17) is 9.47 Å². The summed E-state index contributed by atoms with van der Waals surface area (Å²) in [4.78, 5) is 23.8. The lowest BCUT2D eigenvalue weighted by Gasteiger charge is -2.14. The van der Waals surface area contributed by atoms with Gasteiger partial charge in [-0.2, -0.15) is 0 Å². The van der Waals surface area contributed by atoms with Gasteiger partial charge in [0.25, 0.3) is 5.91 Å². The molecule has 1 amide bonds. The van der Waals surface area contributed by atoms with Gasteiger partial charge in [-0.25, -0.2) is 4.79 Å². The van der Waals surface area contributed by atoms with Crippen molar-refractivity contribution in [3.05, 3.63) is 28.2 Å². The first-order valence-corrected chi connectivity index (χ1v) is 7.15. The molecule has 1 aliphatic rings. The van der Waals surface area contributed by atoms with E-state index in [9.17, 15) is 9.59 Å². The zero-order chi connectivity index (χ0) is 14.7. The Morgan fingerprint density at radius 2 is 2.10 bits per heavy atom. The maximum absolute atomic E-state index is 12.1. The number of nitrogens with one attached hydrogen (secondary N) is 1. The number of carbonyl (C=O) groups excluding carboxylic acids is 2. The lowest BCUT2D eigenvalue weighted by molar-refractivity contribution is -0.129. The highest BCUT2D eigenvalue weighted by atomic mass is 79.9. The number of hydrogen-bond donors (Lipinski definition) is 1. The summed E-state index contributed by atoms with van der Waals surface area (Å²) in [5.41, 5.74) is 0.329. The Kier molecular flexibility index (Phi) is 4.65. The van der Waals surface area contributed by atoms with Gasteiger partial charge in [-0.3, -0.25) is 4.79 Å². The second-order valence-electron chi connectivity index (χ2n) is 4.68. The van der Waals surface area contributed by atoms with Crippen molar-refractivity contribution in [1.29, 1.82) is 0 Å². The van der Waals surface area contributed by atoms with Crippen molar-refractivity contribution < 1.29 is 19.1 Å². The molecule has 2 rings (SSSR count). The molecule has 1 atom stereocenters. The molecule has 108 valence electrons. The van der Waals surface area contributed by atoms with E-state index in [-0.39, 0.29) is 11.9 Å². The Bertz CT molecular complexity index is 528. The minimum atomic E-state index is -0.818. The second-order valence-corrected chi connectivity index (χ2v) is 5.53. The number of hydrogen-bond acceptors (Lipinski definition) is 4. The minimum absolute atomic E-state index is 0.243. The highest BCUT2D eigenvalue weighted by molar-refractivity contribution is 9.10. The average Bonchev–Trinajstić information content (AvgIpc) is 3.23. The molecule has 0 spiro atoms. The van der Waals surface area contributed by atoms with Crippen molar-refractivity contribution in [2.45, 2.75) is 31.9 Å². The van der Waals surface area contributed by atoms with Crippen LogP contribution in [0.4, 0.5) is 0 Å². The summed E-state index contributed by atoms with van der Waals surface area (Å²) in [5.74, 6) is -0.274. The molecule has 6 heteroatoms. The highest BCUT2D eigenvalue weighted by Gasteiger charge is 2.27. The van der Waals surface area contributed by atoms with Crippen LogP contribution in [0.2, 0.25) is 0 Å². The summed E-state index contributed by atoms with van der Waals surface area (Å²) >= 11 is 3.28. The highest BCUT2D eigenvalue weighted by Crippen LogP contribution is 2.24. The van der Waals surface area contributed by atoms with Gasteiger partial charge in [0.2, 0.25) is 0 Å². The van der Waals surface area contributed by atoms with E-state index < -0.39 is 12.1 Å². The molecule has 1 aromatic rings. The van der Waals surface area contributed by atoms with E-state index in [1.165, 1.54) is 7.11 Å². The average molecular weight is 342 g/mol. The van der Waals surface area contributed by atoms with Crippen LogP contribution in [0.25, 0.3) is 0 Å². The van der Waals surface area contributed by atoms with Crippen molar-refractivity contribution in [3.8, 4) is 5.75 Å². The molecule has 1 aliphatic carbocycles. The molecule has 20 heavy (non-hydrogen) atoms. The number of ether oxygens (including phenoxy) is 2. The van der Waals surface area contributed by atoms with Crippen LogP contribution in [0.3, 0.4) is 0 Å². The van der Waals surface area contributed by atoms with Gasteiger partial charge < -0.3 is 14.8 Å². The summed E-state index contributed by atoms with van der Waals surface area (Å²) in [6, 6.07) is 5.24. The molecular formula is C14H16BrNO4. The van der Waals surface area contributed by atoms with Crippen LogP contribution in [0.15, 0.2) is 22.7 Å². The molecule has 0 saturated heterocycles.